The van der Waals surface area contributed by atoms with Gasteiger partial charge in [0.05, 0.1) is 13.2 Å². The van der Waals surface area contributed by atoms with E-state index in [-0.39, 0.29) is 13.4 Å². The molecule has 2 rings (SSSR count). The molecule has 14 heavy (non-hydrogen) atoms. The highest BCUT2D eigenvalue weighted by Gasteiger charge is 2.16. The third kappa shape index (κ3) is 1.83. The maximum atomic E-state index is 5.91. The number of hydrogen-bond donors (Lipinski definition) is 1. The monoisotopic (exact) mass is 215 g/mol. The van der Waals surface area contributed by atoms with Crippen LogP contribution in [-0.2, 0) is 22.8 Å². The fraction of sp³-hybridized carbons (Fsp3) is 0.333. The highest BCUT2D eigenvalue weighted by Crippen LogP contribution is 2.31. The van der Waals surface area contributed by atoms with Crippen LogP contribution < -0.4 is 10.6 Å². The summed E-state index contributed by atoms with van der Waals surface area (Å²) in [5, 5.41) is 0.630. The minimum Gasteiger partial charge on any atom is -0.467 e. The average molecular weight is 216 g/mol. The smallest absolute Gasteiger partial charge is 0.189 e. The van der Waals surface area contributed by atoms with Gasteiger partial charge in [-0.25, -0.2) is 5.90 Å². The van der Waals surface area contributed by atoms with E-state index >= 15 is 0 Å². The van der Waals surface area contributed by atoms with Gasteiger partial charge in [-0.05, 0) is 12.1 Å². The normalized spacial score (nSPS) is 14.7. The van der Waals surface area contributed by atoms with Crippen molar-refractivity contribution in [2.45, 2.75) is 13.2 Å². The van der Waals surface area contributed by atoms with E-state index in [0.29, 0.717) is 11.6 Å². The van der Waals surface area contributed by atoms with Crippen molar-refractivity contribution in [3.8, 4) is 5.75 Å². The Morgan fingerprint density at radius 2 is 2.36 bits per heavy atom. The van der Waals surface area contributed by atoms with Gasteiger partial charge >= 0.3 is 0 Å². The largest absolute Gasteiger partial charge is 0.467 e. The molecule has 0 bridgehead atoms. The zero-order valence-corrected chi connectivity index (χ0v) is 8.21. The summed E-state index contributed by atoms with van der Waals surface area (Å²) in [5.41, 5.74) is 1.77. The molecule has 0 saturated heterocycles. The second kappa shape index (κ2) is 4.14. The Hall–Kier alpha value is -0.810. The number of hydrogen-bond acceptors (Lipinski definition) is 4. The first-order chi connectivity index (χ1) is 6.81. The first kappa shape index (κ1) is 9.73. The lowest BCUT2D eigenvalue weighted by Gasteiger charge is -2.20. The van der Waals surface area contributed by atoms with Crippen molar-refractivity contribution in [3.63, 3.8) is 0 Å². The molecule has 2 N–H and O–H groups in total. The van der Waals surface area contributed by atoms with E-state index in [4.69, 9.17) is 27.0 Å². The van der Waals surface area contributed by atoms with Crippen LogP contribution in [-0.4, -0.2) is 6.79 Å². The van der Waals surface area contributed by atoms with Gasteiger partial charge in [0.2, 0.25) is 0 Å². The highest BCUT2D eigenvalue weighted by atomic mass is 35.5. The molecule has 1 heterocycles. The maximum absolute atomic E-state index is 5.91. The molecule has 0 unspecified atom stereocenters. The molecule has 4 nitrogen and oxygen atoms in total. The van der Waals surface area contributed by atoms with Crippen LogP contribution in [0.25, 0.3) is 0 Å². The zero-order valence-electron chi connectivity index (χ0n) is 7.46. The summed E-state index contributed by atoms with van der Waals surface area (Å²) in [6.07, 6.45) is 0. The molecule has 0 saturated carbocycles. The third-order valence-electron chi connectivity index (χ3n) is 1.99. The average Bonchev–Trinajstić information content (AvgIpc) is 2.18. The Kier molecular flexibility index (Phi) is 2.88. The summed E-state index contributed by atoms with van der Waals surface area (Å²) in [4.78, 5) is 4.57. The molecular formula is C9H10ClNO3. The molecule has 0 fully saturated rings. The van der Waals surface area contributed by atoms with Crippen LogP contribution in [0.5, 0.6) is 5.75 Å². The summed E-state index contributed by atoms with van der Waals surface area (Å²) < 4.78 is 10.5. The van der Waals surface area contributed by atoms with Gasteiger partial charge in [0.15, 0.2) is 6.79 Å². The van der Waals surface area contributed by atoms with Gasteiger partial charge in [0.1, 0.15) is 5.75 Å². The molecule has 1 aromatic rings. The second-order valence-electron chi connectivity index (χ2n) is 2.97. The Labute approximate surface area is 86.5 Å². The van der Waals surface area contributed by atoms with Crippen molar-refractivity contribution >= 4 is 11.6 Å². The minimum atomic E-state index is 0.256. The Morgan fingerprint density at radius 3 is 3.14 bits per heavy atom. The summed E-state index contributed by atoms with van der Waals surface area (Å²) in [6.45, 7) is 1.04. The Morgan fingerprint density at radius 1 is 1.50 bits per heavy atom. The number of nitrogens with two attached hydrogens (primary N) is 1. The first-order valence-electron chi connectivity index (χ1n) is 4.15. The molecule has 0 aliphatic carbocycles. The van der Waals surface area contributed by atoms with Crippen LogP contribution in [0.1, 0.15) is 11.1 Å². The first-order valence-corrected chi connectivity index (χ1v) is 4.52. The van der Waals surface area contributed by atoms with Crippen molar-refractivity contribution in [1.82, 2.24) is 0 Å². The third-order valence-corrected chi connectivity index (χ3v) is 2.21. The molecule has 1 aromatic carbocycles. The van der Waals surface area contributed by atoms with Gasteiger partial charge in [-0.1, -0.05) is 11.6 Å². The lowest BCUT2D eigenvalue weighted by Crippen LogP contribution is -2.14. The van der Waals surface area contributed by atoms with Crippen LogP contribution in [0.3, 0.4) is 0 Å². The highest BCUT2D eigenvalue weighted by molar-refractivity contribution is 6.30. The number of halogens is 1. The van der Waals surface area contributed by atoms with Crippen LogP contribution in [0.15, 0.2) is 12.1 Å². The van der Waals surface area contributed by atoms with Crippen molar-refractivity contribution in [1.29, 1.82) is 0 Å². The molecule has 76 valence electrons. The number of benzene rings is 1. The van der Waals surface area contributed by atoms with E-state index in [2.05, 4.69) is 4.84 Å². The van der Waals surface area contributed by atoms with Gasteiger partial charge in [-0.3, -0.25) is 4.84 Å². The van der Waals surface area contributed by atoms with E-state index < -0.39 is 0 Å². The number of fused-ring (bicyclic) bond motifs is 1. The van der Waals surface area contributed by atoms with Crippen LogP contribution in [0, 0.1) is 0 Å². The van der Waals surface area contributed by atoms with Gasteiger partial charge < -0.3 is 9.47 Å². The quantitative estimate of drug-likeness (QED) is 0.762. The van der Waals surface area contributed by atoms with Crippen molar-refractivity contribution in [2.75, 3.05) is 6.79 Å². The van der Waals surface area contributed by atoms with E-state index in [1.54, 1.807) is 6.07 Å². The number of ether oxygens (including phenoxy) is 2. The summed E-state index contributed by atoms with van der Waals surface area (Å²) in [5.74, 6) is 5.78. The standard InChI is InChI=1S/C9H10ClNO3/c10-8-1-6-3-12-5-13-9(6)7(2-8)4-14-11/h1-2H,3-5,11H2. The SMILES string of the molecule is NOCc1cc(Cl)cc2c1OCOC2. The summed E-state index contributed by atoms with van der Waals surface area (Å²) in [7, 11) is 0. The predicted octanol–water partition coefficient (Wildman–Crippen LogP) is 1.60. The van der Waals surface area contributed by atoms with Gasteiger partial charge in [-0.15, -0.1) is 0 Å². The van der Waals surface area contributed by atoms with Crippen molar-refractivity contribution < 1.29 is 14.3 Å². The Balaban J connectivity index is 2.41. The minimum absolute atomic E-state index is 0.256. The molecule has 0 amide bonds. The zero-order chi connectivity index (χ0) is 9.97. The molecule has 5 heteroatoms. The van der Waals surface area contributed by atoms with Gasteiger partial charge in [-0.2, -0.15) is 0 Å². The van der Waals surface area contributed by atoms with Crippen molar-refractivity contribution in [3.05, 3.63) is 28.3 Å². The second-order valence-corrected chi connectivity index (χ2v) is 3.41. The van der Waals surface area contributed by atoms with E-state index in [1.165, 1.54) is 0 Å². The fourth-order valence-corrected chi connectivity index (χ4v) is 1.72. The van der Waals surface area contributed by atoms with Crippen molar-refractivity contribution in [2.24, 2.45) is 5.90 Å². The molecule has 0 aromatic heterocycles. The topological polar surface area (TPSA) is 53.7 Å². The van der Waals surface area contributed by atoms with E-state index in [0.717, 1.165) is 16.9 Å². The van der Waals surface area contributed by atoms with Crippen LogP contribution in [0.4, 0.5) is 0 Å². The molecular weight excluding hydrogens is 206 g/mol. The van der Waals surface area contributed by atoms with E-state index in [9.17, 15) is 0 Å². The lowest BCUT2D eigenvalue weighted by molar-refractivity contribution is -0.0184. The molecule has 1 aliphatic rings. The van der Waals surface area contributed by atoms with E-state index in [1.807, 2.05) is 6.07 Å². The Bertz CT molecular complexity index is 343. The van der Waals surface area contributed by atoms with Gasteiger partial charge in [0.25, 0.3) is 0 Å². The van der Waals surface area contributed by atoms with Crippen LogP contribution in [0.2, 0.25) is 5.02 Å². The molecule has 0 spiro atoms. The lowest BCUT2D eigenvalue weighted by atomic mass is 10.1. The predicted molar refractivity (Wildman–Crippen MR) is 50.7 cm³/mol. The fourth-order valence-electron chi connectivity index (χ4n) is 1.45. The van der Waals surface area contributed by atoms with Gasteiger partial charge in [0, 0.05) is 16.1 Å². The molecule has 0 atom stereocenters. The maximum Gasteiger partial charge on any atom is 0.189 e. The molecule has 0 radical (unpaired) electrons. The number of rotatable bonds is 2. The molecule has 1 aliphatic heterocycles. The van der Waals surface area contributed by atoms with Crippen LogP contribution >= 0.6 is 11.6 Å². The summed E-state index contributed by atoms with van der Waals surface area (Å²) >= 11 is 5.91. The summed E-state index contributed by atoms with van der Waals surface area (Å²) in [6, 6.07) is 3.59.